The molecule has 2 aromatic rings. The Balaban J connectivity index is 1.91. The largest absolute Gasteiger partial charge is 0.372 e. The molecule has 1 aliphatic rings. The molecule has 23 heavy (non-hydrogen) atoms. The Morgan fingerprint density at radius 2 is 2.04 bits per heavy atom. The summed E-state index contributed by atoms with van der Waals surface area (Å²) in [5, 5.41) is 4.18. The number of rotatable bonds is 1. The summed E-state index contributed by atoms with van der Waals surface area (Å²) >= 11 is 0. The zero-order valence-corrected chi connectivity index (χ0v) is 13.9. The maximum atomic E-state index is 12.4. The number of aryl methyl sites for hydroxylation is 1. The Bertz CT molecular complexity index is 680. The molecule has 0 aromatic carbocycles. The van der Waals surface area contributed by atoms with Crippen molar-refractivity contribution in [1.29, 1.82) is 0 Å². The van der Waals surface area contributed by atoms with Gasteiger partial charge in [-0.1, -0.05) is 19.3 Å². The lowest BCUT2D eigenvalue weighted by Crippen LogP contribution is -2.37. The van der Waals surface area contributed by atoms with Gasteiger partial charge < -0.3 is 14.6 Å². The van der Waals surface area contributed by atoms with Crippen LogP contribution in [0.15, 0.2) is 24.4 Å². The van der Waals surface area contributed by atoms with Gasteiger partial charge in [-0.15, -0.1) is 0 Å². The summed E-state index contributed by atoms with van der Waals surface area (Å²) in [6.07, 6.45) is 6.95. The molecule has 0 radical (unpaired) electrons. The van der Waals surface area contributed by atoms with Crippen LogP contribution in [0.4, 0.5) is 0 Å². The van der Waals surface area contributed by atoms with Gasteiger partial charge in [0, 0.05) is 25.2 Å². The number of carbonyl (C=O) groups is 1. The highest BCUT2D eigenvalue weighted by atomic mass is 16.5. The number of ether oxygens (including phenoxy) is 1. The van der Waals surface area contributed by atoms with Gasteiger partial charge in [0.25, 0.3) is 0 Å². The number of aromatic nitrogens is 2. The molecule has 5 nitrogen and oxygen atoms in total. The summed E-state index contributed by atoms with van der Waals surface area (Å²) in [6.45, 7) is 2.96. The molecule has 1 aliphatic heterocycles. The maximum Gasteiger partial charge on any atom is 0.249 e. The molecule has 0 saturated carbocycles. The van der Waals surface area contributed by atoms with Crippen LogP contribution >= 0.6 is 0 Å². The van der Waals surface area contributed by atoms with E-state index < -0.39 is 0 Å². The highest BCUT2D eigenvalue weighted by Gasteiger charge is 2.21. The first-order chi connectivity index (χ1) is 11.2. The van der Waals surface area contributed by atoms with Crippen molar-refractivity contribution in [2.45, 2.75) is 57.7 Å². The summed E-state index contributed by atoms with van der Waals surface area (Å²) in [7, 11) is 1.61. The number of pyridine rings is 1. The second-order valence-corrected chi connectivity index (χ2v) is 6.32. The number of methoxy groups -OCH3 is 1. The van der Waals surface area contributed by atoms with E-state index in [1.165, 1.54) is 0 Å². The standard InChI is InChI=1S/C18H25N3O2/c1-13-15-9-8-14-10-12-21(17(14)20-15)11-6-4-3-5-7-16(23-2)18(22)19-13/h8-10,12-13,16H,3-7,11H2,1-2H3,(H,19,22). The van der Waals surface area contributed by atoms with Gasteiger partial charge >= 0.3 is 0 Å². The first-order valence-electron chi connectivity index (χ1n) is 8.48. The monoisotopic (exact) mass is 315 g/mol. The maximum absolute atomic E-state index is 12.4. The molecule has 0 saturated heterocycles. The van der Waals surface area contributed by atoms with Gasteiger partial charge in [0.2, 0.25) is 5.91 Å². The smallest absolute Gasteiger partial charge is 0.249 e. The van der Waals surface area contributed by atoms with Crippen LogP contribution in [0.3, 0.4) is 0 Å². The summed E-state index contributed by atoms with van der Waals surface area (Å²) in [6, 6.07) is 6.05. The van der Waals surface area contributed by atoms with Gasteiger partial charge in [0.05, 0.1) is 11.7 Å². The lowest BCUT2D eigenvalue weighted by atomic mass is 10.1. The highest BCUT2D eigenvalue weighted by Crippen LogP contribution is 2.20. The average Bonchev–Trinajstić information content (AvgIpc) is 2.95. The molecule has 124 valence electrons. The quantitative estimate of drug-likeness (QED) is 0.879. The number of nitrogens with zero attached hydrogens (tertiary/aromatic N) is 2. The molecular formula is C18H25N3O2. The molecule has 0 fully saturated rings. The van der Waals surface area contributed by atoms with Crippen LogP contribution in [-0.4, -0.2) is 28.7 Å². The van der Waals surface area contributed by atoms with Crippen molar-refractivity contribution < 1.29 is 9.53 Å². The predicted molar refractivity (Wildman–Crippen MR) is 90.2 cm³/mol. The summed E-state index contributed by atoms with van der Waals surface area (Å²) in [4.78, 5) is 17.2. The van der Waals surface area contributed by atoms with Crippen LogP contribution in [0.1, 0.15) is 50.8 Å². The fourth-order valence-electron chi connectivity index (χ4n) is 3.20. The van der Waals surface area contributed by atoms with Gasteiger partial charge in [-0.2, -0.15) is 0 Å². The summed E-state index contributed by atoms with van der Waals surface area (Å²) < 4.78 is 7.58. The second kappa shape index (κ2) is 7.13. The van der Waals surface area contributed by atoms with Crippen molar-refractivity contribution in [3.63, 3.8) is 0 Å². The van der Waals surface area contributed by atoms with E-state index in [4.69, 9.17) is 9.72 Å². The summed E-state index contributed by atoms with van der Waals surface area (Å²) in [5.74, 6) is -0.0469. The first kappa shape index (κ1) is 16.0. The predicted octanol–water partition coefficient (Wildman–Crippen LogP) is 3.19. The molecule has 2 unspecified atom stereocenters. The fourth-order valence-corrected chi connectivity index (χ4v) is 3.20. The van der Waals surface area contributed by atoms with Crippen LogP contribution < -0.4 is 5.32 Å². The van der Waals surface area contributed by atoms with Crippen molar-refractivity contribution in [2.75, 3.05) is 7.11 Å². The van der Waals surface area contributed by atoms with E-state index in [-0.39, 0.29) is 18.1 Å². The minimum absolute atomic E-state index is 0.0469. The first-order valence-corrected chi connectivity index (χ1v) is 8.48. The van der Waals surface area contributed by atoms with Gasteiger partial charge in [0.15, 0.2) is 0 Å². The van der Waals surface area contributed by atoms with Crippen molar-refractivity contribution in [2.24, 2.45) is 0 Å². The Morgan fingerprint density at radius 1 is 1.22 bits per heavy atom. The van der Waals surface area contributed by atoms with Crippen molar-refractivity contribution >= 4 is 16.9 Å². The van der Waals surface area contributed by atoms with Crippen LogP contribution in [0.5, 0.6) is 0 Å². The number of hydrogen-bond acceptors (Lipinski definition) is 3. The third-order valence-electron chi connectivity index (χ3n) is 4.63. The Labute approximate surface area is 137 Å². The summed E-state index contributed by atoms with van der Waals surface area (Å²) in [5.41, 5.74) is 1.89. The molecule has 0 aliphatic carbocycles. The third kappa shape index (κ3) is 3.55. The van der Waals surface area contributed by atoms with Gasteiger partial charge in [-0.25, -0.2) is 4.98 Å². The average molecular weight is 315 g/mol. The Morgan fingerprint density at radius 3 is 2.87 bits per heavy atom. The molecule has 5 heteroatoms. The molecular weight excluding hydrogens is 290 g/mol. The van der Waals surface area contributed by atoms with E-state index in [0.717, 1.165) is 55.4 Å². The molecule has 3 rings (SSSR count). The van der Waals surface area contributed by atoms with E-state index in [1.807, 2.05) is 13.0 Å². The number of amides is 1. The van der Waals surface area contributed by atoms with E-state index in [2.05, 4.69) is 28.2 Å². The van der Waals surface area contributed by atoms with Crippen LogP contribution in [-0.2, 0) is 16.1 Å². The Hall–Kier alpha value is -1.88. The highest BCUT2D eigenvalue weighted by molar-refractivity contribution is 5.81. The number of nitrogens with one attached hydrogen (secondary N) is 1. The minimum atomic E-state index is -0.368. The molecule has 2 aromatic heterocycles. The molecule has 1 N–H and O–H groups in total. The number of carbonyl (C=O) groups excluding carboxylic acids is 1. The van der Waals surface area contributed by atoms with Gasteiger partial charge in [-0.3, -0.25) is 4.79 Å². The second-order valence-electron chi connectivity index (χ2n) is 6.32. The third-order valence-corrected chi connectivity index (χ3v) is 4.63. The molecule has 2 atom stereocenters. The van der Waals surface area contributed by atoms with Crippen molar-refractivity contribution in [3.8, 4) is 0 Å². The number of hydrogen-bond donors (Lipinski definition) is 1. The molecule has 2 bridgehead atoms. The normalized spacial score (nSPS) is 23.7. The zero-order chi connectivity index (χ0) is 16.2. The Kier molecular flexibility index (Phi) is 4.96. The van der Waals surface area contributed by atoms with Crippen LogP contribution in [0.2, 0.25) is 0 Å². The van der Waals surface area contributed by atoms with Gasteiger partial charge in [0.1, 0.15) is 11.8 Å². The minimum Gasteiger partial charge on any atom is -0.372 e. The van der Waals surface area contributed by atoms with E-state index in [1.54, 1.807) is 7.11 Å². The lowest BCUT2D eigenvalue weighted by molar-refractivity contribution is -0.132. The van der Waals surface area contributed by atoms with Crippen molar-refractivity contribution in [1.82, 2.24) is 14.9 Å². The fraction of sp³-hybridized carbons (Fsp3) is 0.556. The zero-order valence-electron chi connectivity index (χ0n) is 13.9. The van der Waals surface area contributed by atoms with Crippen LogP contribution in [0, 0.1) is 0 Å². The van der Waals surface area contributed by atoms with Gasteiger partial charge in [-0.05, 0) is 38.0 Å². The lowest BCUT2D eigenvalue weighted by Gasteiger charge is -2.20. The van der Waals surface area contributed by atoms with E-state index in [0.29, 0.717) is 0 Å². The molecule has 1 amide bonds. The van der Waals surface area contributed by atoms with E-state index in [9.17, 15) is 4.79 Å². The van der Waals surface area contributed by atoms with Crippen molar-refractivity contribution in [3.05, 3.63) is 30.1 Å². The topological polar surface area (TPSA) is 56.1 Å². The number of fused-ring (bicyclic) bond motifs is 1. The molecule has 3 heterocycles. The molecule has 0 spiro atoms. The SMILES string of the molecule is COC1CCCCCCn2ccc3ccc(nc32)C(C)NC1=O. The van der Waals surface area contributed by atoms with Crippen LogP contribution in [0.25, 0.3) is 11.0 Å². The van der Waals surface area contributed by atoms with E-state index >= 15 is 0 Å².